The number of aromatic nitrogens is 1. The van der Waals surface area contributed by atoms with Crippen LogP contribution in [0, 0.1) is 6.92 Å². The molecule has 0 aromatic carbocycles. The van der Waals surface area contributed by atoms with Crippen molar-refractivity contribution in [1.29, 1.82) is 0 Å². The molecule has 0 unspecified atom stereocenters. The van der Waals surface area contributed by atoms with Crippen LogP contribution in [0.15, 0.2) is 6.07 Å². The Morgan fingerprint density at radius 2 is 2.31 bits per heavy atom. The van der Waals surface area contributed by atoms with Crippen molar-refractivity contribution >= 4 is 17.6 Å². The number of hydrogen-bond acceptors (Lipinski definition) is 3. The summed E-state index contributed by atoms with van der Waals surface area (Å²) in [6.45, 7) is 1.62. The monoisotopic (exact) mass is 201 g/mol. The molecule has 0 radical (unpaired) electrons. The Morgan fingerprint density at radius 3 is 2.77 bits per heavy atom. The van der Waals surface area contributed by atoms with Gasteiger partial charge in [-0.15, -0.1) is 0 Å². The topological polar surface area (TPSA) is 59.4 Å². The molecule has 1 rings (SSSR count). The van der Waals surface area contributed by atoms with Gasteiger partial charge in [0, 0.05) is 6.07 Å². The lowest BCUT2D eigenvalue weighted by Crippen LogP contribution is -2.02. The van der Waals surface area contributed by atoms with Crippen LogP contribution < -0.4 is 4.74 Å². The predicted octanol–water partition coefficient (Wildman–Crippen LogP) is 1.75. The lowest BCUT2D eigenvalue weighted by atomic mass is 10.2. The molecule has 1 aromatic heterocycles. The van der Waals surface area contributed by atoms with Gasteiger partial charge in [0.05, 0.1) is 23.4 Å². The van der Waals surface area contributed by atoms with Gasteiger partial charge in [-0.1, -0.05) is 11.6 Å². The van der Waals surface area contributed by atoms with Gasteiger partial charge in [0.2, 0.25) is 5.88 Å². The van der Waals surface area contributed by atoms with E-state index in [1.807, 2.05) is 0 Å². The second-order valence-electron chi connectivity index (χ2n) is 2.42. The van der Waals surface area contributed by atoms with E-state index < -0.39 is 5.97 Å². The first kappa shape index (κ1) is 9.80. The van der Waals surface area contributed by atoms with Crippen LogP contribution in [0.25, 0.3) is 0 Å². The number of ether oxygens (including phenoxy) is 1. The maximum absolute atomic E-state index is 10.7. The highest BCUT2D eigenvalue weighted by Gasteiger charge is 2.13. The fraction of sp³-hybridized carbons (Fsp3) is 0.250. The minimum atomic E-state index is -1.09. The van der Waals surface area contributed by atoms with E-state index in [0.29, 0.717) is 5.69 Å². The van der Waals surface area contributed by atoms with E-state index in [4.69, 9.17) is 21.4 Å². The van der Waals surface area contributed by atoms with Crippen molar-refractivity contribution in [3.63, 3.8) is 0 Å². The molecule has 0 fully saturated rings. The SMILES string of the molecule is COc1cc(C(=O)O)c(Cl)c(C)n1. The number of carboxylic acid groups (broad SMARTS) is 1. The van der Waals surface area contributed by atoms with Gasteiger partial charge in [-0.3, -0.25) is 0 Å². The third-order valence-electron chi connectivity index (χ3n) is 1.54. The molecule has 0 saturated heterocycles. The minimum absolute atomic E-state index is 0.00557. The average molecular weight is 202 g/mol. The number of halogens is 1. The summed E-state index contributed by atoms with van der Waals surface area (Å²) < 4.78 is 4.81. The third-order valence-corrected chi connectivity index (χ3v) is 2.02. The van der Waals surface area contributed by atoms with Crippen molar-refractivity contribution in [2.45, 2.75) is 6.92 Å². The average Bonchev–Trinajstić information content (AvgIpc) is 2.09. The molecule has 5 heteroatoms. The van der Waals surface area contributed by atoms with Crippen molar-refractivity contribution in [3.05, 3.63) is 22.3 Å². The highest BCUT2D eigenvalue weighted by molar-refractivity contribution is 6.34. The minimum Gasteiger partial charge on any atom is -0.481 e. The molecule has 13 heavy (non-hydrogen) atoms. The van der Waals surface area contributed by atoms with Crippen LogP contribution in [-0.4, -0.2) is 23.2 Å². The molecule has 0 aliphatic carbocycles. The molecular weight excluding hydrogens is 194 g/mol. The Morgan fingerprint density at radius 1 is 1.69 bits per heavy atom. The number of methoxy groups -OCH3 is 1. The van der Waals surface area contributed by atoms with Crippen molar-refractivity contribution in [2.75, 3.05) is 7.11 Å². The largest absolute Gasteiger partial charge is 0.481 e. The fourth-order valence-corrected chi connectivity index (χ4v) is 1.07. The Labute approximate surface area is 80.1 Å². The summed E-state index contributed by atoms with van der Waals surface area (Å²) in [4.78, 5) is 14.6. The van der Waals surface area contributed by atoms with E-state index in [9.17, 15) is 4.79 Å². The number of aryl methyl sites for hydroxylation is 1. The third kappa shape index (κ3) is 1.89. The van der Waals surface area contributed by atoms with Crippen LogP contribution in [0.3, 0.4) is 0 Å². The second-order valence-corrected chi connectivity index (χ2v) is 2.79. The summed E-state index contributed by atoms with van der Waals surface area (Å²) in [6, 6.07) is 1.29. The number of carboxylic acids is 1. The van der Waals surface area contributed by atoms with Gasteiger partial charge >= 0.3 is 5.97 Å². The van der Waals surface area contributed by atoms with Crippen LogP contribution in [0.5, 0.6) is 5.88 Å². The number of carbonyl (C=O) groups is 1. The first-order valence-corrected chi connectivity index (χ1v) is 3.88. The Bertz CT molecular complexity index is 351. The van der Waals surface area contributed by atoms with Crippen LogP contribution >= 0.6 is 11.6 Å². The molecule has 0 saturated carbocycles. The molecular formula is C8H8ClNO3. The summed E-state index contributed by atoms with van der Waals surface area (Å²) in [7, 11) is 1.42. The van der Waals surface area contributed by atoms with E-state index in [1.165, 1.54) is 13.2 Å². The molecule has 0 aliphatic rings. The standard InChI is InChI=1S/C8H8ClNO3/c1-4-7(9)5(8(11)12)3-6(10-4)13-2/h3H,1-2H3,(H,11,12). The van der Waals surface area contributed by atoms with Gasteiger partial charge in [-0.2, -0.15) is 0 Å². The lowest BCUT2D eigenvalue weighted by molar-refractivity contribution is 0.0696. The zero-order chi connectivity index (χ0) is 10.0. The van der Waals surface area contributed by atoms with Crippen molar-refractivity contribution in [3.8, 4) is 5.88 Å². The summed E-state index contributed by atoms with van der Waals surface area (Å²) in [5.41, 5.74) is 0.449. The molecule has 4 nitrogen and oxygen atoms in total. The first-order valence-electron chi connectivity index (χ1n) is 3.50. The van der Waals surface area contributed by atoms with Crippen LogP contribution in [0.1, 0.15) is 16.1 Å². The Hall–Kier alpha value is -1.29. The number of rotatable bonds is 2. The maximum Gasteiger partial charge on any atom is 0.337 e. The number of hydrogen-bond donors (Lipinski definition) is 1. The Balaban J connectivity index is 3.33. The first-order chi connectivity index (χ1) is 6.06. The van der Waals surface area contributed by atoms with Crippen LogP contribution in [0.2, 0.25) is 5.02 Å². The Kier molecular flexibility index (Phi) is 2.72. The summed E-state index contributed by atoms with van der Waals surface area (Å²) in [6.07, 6.45) is 0. The molecule has 0 amide bonds. The number of nitrogens with zero attached hydrogens (tertiary/aromatic N) is 1. The lowest BCUT2D eigenvalue weighted by Gasteiger charge is -2.04. The molecule has 0 spiro atoms. The van der Waals surface area contributed by atoms with Gasteiger partial charge < -0.3 is 9.84 Å². The van der Waals surface area contributed by atoms with Gasteiger partial charge in [-0.05, 0) is 6.92 Å². The highest BCUT2D eigenvalue weighted by atomic mass is 35.5. The molecule has 0 aliphatic heterocycles. The van der Waals surface area contributed by atoms with Gasteiger partial charge in [-0.25, -0.2) is 9.78 Å². The molecule has 70 valence electrons. The summed E-state index contributed by atoms with van der Waals surface area (Å²) >= 11 is 5.72. The van der Waals surface area contributed by atoms with Crippen molar-refractivity contribution in [2.24, 2.45) is 0 Å². The van der Waals surface area contributed by atoms with E-state index in [1.54, 1.807) is 6.92 Å². The second kappa shape index (κ2) is 3.62. The highest BCUT2D eigenvalue weighted by Crippen LogP contribution is 2.23. The van der Waals surface area contributed by atoms with Crippen LogP contribution in [-0.2, 0) is 0 Å². The molecule has 1 heterocycles. The quantitative estimate of drug-likeness (QED) is 0.792. The predicted molar refractivity (Wildman–Crippen MR) is 47.5 cm³/mol. The smallest absolute Gasteiger partial charge is 0.337 e. The summed E-state index contributed by atoms with van der Waals surface area (Å²) in [5.74, 6) is -0.840. The van der Waals surface area contributed by atoms with E-state index in [-0.39, 0.29) is 16.5 Å². The number of pyridine rings is 1. The summed E-state index contributed by atoms with van der Waals surface area (Å²) in [5, 5.41) is 8.89. The molecule has 1 N–H and O–H groups in total. The van der Waals surface area contributed by atoms with E-state index >= 15 is 0 Å². The van der Waals surface area contributed by atoms with Crippen LogP contribution in [0.4, 0.5) is 0 Å². The maximum atomic E-state index is 10.7. The zero-order valence-corrected chi connectivity index (χ0v) is 7.92. The number of aromatic carboxylic acids is 1. The van der Waals surface area contributed by atoms with Crippen molar-refractivity contribution in [1.82, 2.24) is 4.98 Å². The molecule has 0 atom stereocenters. The van der Waals surface area contributed by atoms with E-state index in [0.717, 1.165) is 0 Å². The van der Waals surface area contributed by atoms with E-state index in [2.05, 4.69) is 4.98 Å². The van der Waals surface area contributed by atoms with Gasteiger partial charge in [0.15, 0.2) is 0 Å². The molecule has 1 aromatic rings. The van der Waals surface area contributed by atoms with Gasteiger partial charge in [0.25, 0.3) is 0 Å². The van der Waals surface area contributed by atoms with Gasteiger partial charge in [0.1, 0.15) is 0 Å². The normalized spacial score (nSPS) is 9.77. The zero-order valence-electron chi connectivity index (χ0n) is 7.17. The molecule has 0 bridgehead atoms. The van der Waals surface area contributed by atoms with Crippen molar-refractivity contribution < 1.29 is 14.6 Å². The fourth-order valence-electron chi connectivity index (χ4n) is 0.889.